The van der Waals surface area contributed by atoms with Gasteiger partial charge in [0.25, 0.3) is 0 Å². The molecule has 5 heteroatoms. The highest BCUT2D eigenvalue weighted by molar-refractivity contribution is 5.64. The van der Waals surface area contributed by atoms with E-state index >= 15 is 0 Å². The van der Waals surface area contributed by atoms with Crippen molar-refractivity contribution in [3.05, 3.63) is 0 Å². The molecule has 0 fully saturated rings. The van der Waals surface area contributed by atoms with E-state index in [9.17, 15) is 4.79 Å². The van der Waals surface area contributed by atoms with Crippen molar-refractivity contribution in [1.82, 2.24) is 4.90 Å². The predicted molar refractivity (Wildman–Crippen MR) is 43.2 cm³/mol. The fourth-order valence-corrected chi connectivity index (χ4v) is 0.666. The summed E-state index contributed by atoms with van der Waals surface area (Å²) in [7, 11) is 1.51. The fraction of sp³-hybridized carbons (Fsp3) is 0.857. The van der Waals surface area contributed by atoms with Crippen LogP contribution in [0.1, 0.15) is 6.42 Å². The Morgan fingerprint density at radius 2 is 2.17 bits per heavy atom. The largest absolute Gasteiger partial charge is 0.465 e. The second-order valence-corrected chi connectivity index (χ2v) is 2.39. The topological polar surface area (TPSA) is 70.0 Å². The summed E-state index contributed by atoms with van der Waals surface area (Å²) in [5.41, 5.74) is 0. The van der Waals surface area contributed by atoms with Crippen molar-refractivity contribution in [3.63, 3.8) is 0 Å². The van der Waals surface area contributed by atoms with Crippen LogP contribution in [0.15, 0.2) is 0 Å². The molecule has 0 atom stereocenters. The highest BCUT2D eigenvalue weighted by Crippen LogP contribution is 1.88. The van der Waals surface area contributed by atoms with Crippen molar-refractivity contribution >= 4 is 6.09 Å². The maximum Gasteiger partial charge on any atom is 0.407 e. The van der Waals surface area contributed by atoms with Gasteiger partial charge in [0, 0.05) is 20.2 Å². The molecule has 0 spiro atoms. The van der Waals surface area contributed by atoms with Crippen LogP contribution in [0.5, 0.6) is 0 Å². The first-order chi connectivity index (χ1) is 5.68. The third kappa shape index (κ3) is 5.94. The highest BCUT2D eigenvalue weighted by atomic mass is 16.5. The Hall–Kier alpha value is -0.810. The van der Waals surface area contributed by atoms with Crippen LogP contribution in [0.25, 0.3) is 0 Å². The predicted octanol–water partition coefficient (Wildman–Crippen LogP) is -0.00480. The lowest BCUT2D eigenvalue weighted by Crippen LogP contribution is -2.26. The van der Waals surface area contributed by atoms with Crippen LogP contribution < -0.4 is 0 Å². The van der Waals surface area contributed by atoms with E-state index in [-0.39, 0.29) is 6.61 Å². The Balaban J connectivity index is 3.14. The Bertz CT molecular complexity index is 129. The number of hydrogen-bond donors (Lipinski definition) is 2. The van der Waals surface area contributed by atoms with E-state index in [1.54, 1.807) is 0 Å². The lowest BCUT2D eigenvalue weighted by molar-refractivity contribution is 0.0851. The molecule has 0 aromatic heterocycles. The molecule has 0 bridgehead atoms. The summed E-state index contributed by atoms with van der Waals surface area (Å²) < 4.78 is 4.94. The molecule has 0 aromatic carbocycles. The molecule has 72 valence electrons. The van der Waals surface area contributed by atoms with Gasteiger partial charge in [-0.2, -0.15) is 0 Å². The van der Waals surface area contributed by atoms with E-state index in [1.165, 1.54) is 11.9 Å². The van der Waals surface area contributed by atoms with Gasteiger partial charge in [0.2, 0.25) is 0 Å². The van der Waals surface area contributed by atoms with Gasteiger partial charge in [0.05, 0.1) is 13.2 Å². The summed E-state index contributed by atoms with van der Waals surface area (Å²) in [6, 6.07) is 0. The van der Waals surface area contributed by atoms with E-state index in [0.29, 0.717) is 26.2 Å². The number of rotatable bonds is 6. The third-order valence-corrected chi connectivity index (χ3v) is 1.34. The molecule has 1 amide bonds. The smallest absolute Gasteiger partial charge is 0.407 e. The van der Waals surface area contributed by atoms with Gasteiger partial charge in [-0.3, -0.25) is 0 Å². The number of aliphatic hydroxyl groups is 1. The quantitative estimate of drug-likeness (QED) is 0.560. The van der Waals surface area contributed by atoms with Gasteiger partial charge < -0.3 is 19.8 Å². The second kappa shape index (κ2) is 6.87. The molecule has 0 saturated heterocycles. The zero-order valence-electron chi connectivity index (χ0n) is 7.19. The van der Waals surface area contributed by atoms with Gasteiger partial charge in [-0.15, -0.1) is 0 Å². The minimum Gasteiger partial charge on any atom is -0.465 e. The van der Waals surface area contributed by atoms with Gasteiger partial charge in [0.15, 0.2) is 0 Å². The summed E-state index contributed by atoms with van der Waals surface area (Å²) >= 11 is 0. The third-order valence-electron chi connectivity index (χ3n) is 1.34. The summed E-state index contributed by atoms with van der Waals surface area (Å²) in [4.78, 5) is 11.5. The molecule has 0 heterocycles. The normalized spacial score (nSPS) is 9.83. The Labute approximate surface area is 71.6 Å². The standard InChI is InChI=1S/C7H15NO4/c1-8(7(10)11)3-2-5-12-6-4-9/h9H,2-6H2,1H3,(H,10,11). The van der Waals surface area contributed by atoms with Crippen molar-refractivity contribution in [2.24, 2.45) is 0 Å². The number of aliphatic hydroxyl groups excluding tert-OH is 1. The molecule has 0 radical (unpaired) electrons. The number of nitrogens with zero attached hydrogens (tertiary/aromatic N) is 1. The van der Waals surface area contributed by atoms with Crippen molar-refractivity contribution in [2.45, 2.75) is 6.42 Å². The Morgan fingerprint density at radius 1 is 1.50 bits per heavy atom. The monoisotopic (exact) mass is 177 g/mol. The van der Waals surface area contributed by atoms with Crippen molar-refractivity contribution in [2.75, 3.05) is 33.4 Å². The summed E-state index contributed by atoms with van der Waals surface area (Å²) in [6.07, 6.45) is -0.278. The number of amides is 1. The van der Waals surface area contributed by atoms with Gasteiger partial charge in [-0.25, -0.2) is 4.79 Å². The van der Waals surface area contributed by atoms with E-state index in [0.717, 1.165) is 0 Å². The number of hydrogen-bond acceptors (Lipinski definition) is 3. The van der Waals surface area contributed by atoms with Crippen LogP contribution >= 0.6 is 0 Å². The zero-order valence-corrected chi connectivity index (χ0v) is 7.19. The van der Waals surface area contributed by atoms with Crippen LogP contribution in [0.4, 0.5) is 4.79 Å². The minimum atomic E-state index is -0.933. The zero-order chi connectivity index (χ0) is 9.40. The Morgan fingerprint density at radius 3 is 2.67 bits per heavy atom. The molecule has 5 nitrogen and oxygen atoms in total. The van der Waals surface area contributed by atoms with E-state index in [4.69, 9.17) is 14.9 Å². The molecule has 12 heavy (non-hydrogen) atoms. The molecule has 0 saturated carbocycles. The van der Waals surface area contributed by atoms with Crippen molar-refractivity contribution in [1.29, 1.82) is 0 Å². The molecule has 2 N–H and O–H groups in total. The minimum absolute atomic E-state index is 0.00870. The molecule has 0 rings (SSSR count). The van der Waals surface area contributed by atoms with Gasteiger partial charge in [-0.05, 0) is 6.42 Å². The molecular formula is C7H15NO4. The van der Waals surface area contributed by atoms with Crippen molar-refractivity contribution < 1.29 is 19.7 Å². The van der Waals surface area contributed by atoms with Crippen LogP contribution in [0.2, 0.25) is 0 Å². The first-order valence-corrected chi connectivity index (χ1v) is 3.81. The first-order valence-electron chi connectivity index (χ1n) is 3.81. The summed E-state index contributed by atoms with van der Waals surface area (Å²) in [5.74, 6) is 0. The average molecular weight is 177 g/mol. The lowest BCUT2D eigenvalue weighted by Gasteiger charge is -2.11. The van der Waals surface area contributed by atoms with Crippen molar-refractivity contribution in [3.8, 4) is 0 Å². The molecule has 0 aliphatic heterocycles. The summed E-state index contributed by atoms with van der Waals surface area (Å²) in [5, 5.41) is 16.8. The van der Waals surface area contributed by atoms with Crippen LogP contribution in [-0.4, -0.2) is 54.6 Å². The molecule has 0 aliphatic carbocycles. The van der Waals surface area contributed by atoms with E-state index < -0.39 is 6.09 Å². The average Bonchev–Trinajstić information content (AvgIpc) is 2.03. The number of carboxylic acid groups (broad SMARTS) is 1. The summed E-state index contributed by atoms with van der Waals surface area (Å²) in [6.45, 7) is 1.27. The Kier molecular flexibility index (Phi) is 6.41. The van der Waals surface area contributed by atoms with Gasteiger partial charge in [0.1, 0.15) is 0 Å². The first kappa shape index (κ1) is 11.2. The second-order valence-electron chi connectivity index (χ2n) is 2.39. The lowest BCUT2D eigenvalue weighted by atomic mass is 10.4. The van der Waals surface area contributed by atoms with Crippen LogP contribution in [0.3, 0.4) is 0 Å². The molecule has 0 aromatic rings. The fourth-order valence-electron chi connectivity index (χ4n) is 0.666. The molecular weight excluding hydrogens is 162 g/mol. The maximum atomic E-state index is 10.3. The van der Waals surface area contributed by atoms with Crippen LogP contribution in [0, 0.1) is 0 Å². The number of carbonyl (C=O) groups is 1. The maximum absolute atomic E-state index is 10.3. The van der Waals surface area contributed by atoms with E-state index in [1.807, 2.05) is 0 Å². The highest BCUT2D eigenvalue weighted by Gasteiger charge is 2.02. The van der Waals surface area contributed by atoms with E-state index in [2.05, 4.69) is 0 Å². The molecule has 0 aliphatic rings. The van der Waals surface area contributed by atoms with Crippen LogP contribution in [-0.2, 0) is 4.74 Å². The van der Waals surface area contributed by atoms with Gasteiger partial charge in [-0.1, -0.05) is 0 Å². The number of ether oxygens (including phenoxy) is 1. The molecule has 0 unspecified atom stereocenters. The van der Waals surface area contributed by atoms with Gasteiger partial charge >= 0.3 is 6.09 Å². The SMILES string of the molecule is CN(CCCOCCO)C(=O)O.